The molecule has 0 aliphatic heterocycles. The third kappa shape index (κ3) is 17.6. The minimum atomic E-state index is -0.386. The van der Waals surface area contributed by atoms with Gasteiger partial charge in [0.15, 0.2) is 0 Å². The van der Waals surface area contributed by atoms with Crippen molar-refractivity contribution < 1.29 is 5.11 Å². The molecule has 0 aromatic carbocycles. The summed E-state index contributed by atoms with van der Waals surface area (Å²) in [6.45, 7) is 4.25. The van der Waals surface area contributed by atoms with Gasteiger partial charge in [-0.05, 0) is 25.5 Å². The van der Waals surface area contributed by atoms with E-state index in [1.165, 1.54) is 83.5 Å². The van der Waals surface area contributed by atoms with Crippen molar-refractivity contribution >= 4 is 0 Å². The van der Waals surface area contributed by atoms with Gasteiger partial charge in [-0.3, -0.25) is 0 Å². The highest BCUT2D eigenvalue weighted by molar-refractivity contribution is 4.79. The average molecular weight is 312 g/mol. The van der Waals surface area contributed by atoms with Crippen LogP contribution in [-0.4, -0.2) is 11.3 Å². The second-order valence-corrected chi connectivity index (χ2v) is 6.52. The number of hydrogen-bond donors (Lipinski definition) is 2. The minimum Gasteiger partial charge on any atom is -0.374 e. The van der Waals surface area contributed by atoms with E-state index in [0.717, 1.165) is 12.8 Å². The summed E-state index contributed by atoms with van der Waals surface area (Å²) in [7, 11) is 0. The maximum absolute atomic E-state index is 9.31. The lowest BCUT2D eigenvalue weighted by Crippen LogP contribution is -2.21. The van der Waals surface area contributed by atoms with Crippen LogP contribution >= 0.6 is 0 Å². The van der Waals surface area contributed by atoms with E-state index in [2.05, 4.69) is 18.3 Å². The van der Waals surface area contributed by atoms with Crippen LogP contribution in [0.25, 0.3) is 0 Å². The van der Waals surface area contributed by atoms with E-state index in [1.807, 2.05) is 13.1 Å². The molecule has 0 fully saturated rings. The topological polar surface area (TPSA) is 32.3 Å². The van der Waals surface area contributed by atoms with Crippen LogP contribution in [0.4, 0.5) is 0 Å². The Bertz CT molecular complexity index is 228. The van der Waals surface area contributed by atoms with Crippen LogP contribution in [-0.2, 0) is 0 Å². The van der Waals surface area contributed by atoms with E-state index in [9.17, 15) is 5.11 Å². The molecule has 0 bridgehead atoms. The smallest absolute Gasteiger partial charge is 0.123 e. The number of aliphatic hydroxyl groups is 1. The summed E-state index contributed by atoms with van der Waals surface area (Å²) in [6.07, 6.45) is 23.8. The van der Waals surface area contributed by atoms with Gasteiger partial charge in [-0.15, -0.1) is 0 Å². The zero-order valence-corrected chi connectivity index (χ0v) is 15.3. The second-order valence-electron chi connectivity index (χ2n) is 6.52. The average Bonchev–Trinajstić information content (AvgIpc) is 2.54. The van der Waals surface area contributed by atoms with Crippen LogP contribution in [0.1, 0.15) is 110 Å². The van der Waals surface area contributed by atoms with Crippen LogP contribution in [0.15, 0.2) is 12.3 Å². The lowest BCUT2D eigenvalue weighted by Gasteiger charge is -2.06. The molecule has 132 valence electrons. The quantitative estimate of drug-likeness (QED) is 0.244. The van der Waals surface area contributed by atoms with E-state index in [-0.39, 0.29) is 6.23 Å². The maximum atomic E-state index is 9.31. The van der Waals surface area contributed by atoms with E-state index in [4.69, 9.17) is 0 Å². The Morgan fingerprint density at radius 3 is 1.64 bits per heavy atom. The Kier molecular flexibility index (Phi) is 18.1. The standard InChI is InChI=1S/C20H41NO/c1-3-5-6-7-8-9-10-11-12-13-14-15-16-17-18-19-21-20(22)4-2/h18-22H,3-17H2,1-2H3. The third-order valence-electron chi connectivity index (χ3n) is 4.27. The lowest BCUT2D eigenvalue weighted by atomic mass is 10.0. The summed E-state index contributed by atoms with van der Waals surface area (Å²) in [5, 5.41) is 12.3. The van der Waals surface area contributed by atoms with Gasteiger partial charge < -0.3 is 10.4 Å². The fraction of sp³-hybridized carbons (Fsp3) is 0.900. The second kappa shape index (κ2) is 18.5. The summed E-state index contributed by atoms with van der Waals surface area (Å²) in [4.78, 5) is 0. The first kappa shape index (κ1) is 21.5. The van der Waals surface area contributed by atoms with Gasteiger partial charge in [0.05, 0.1) is 0 Å². The first-order valence-electron chi connectivity index (χ1n) is 9.90. The summed E-state index contributed by atoms with van der Waals surface area (Å²) in [6, 6.07) is 0. The molecule has 0 rings (SSSR count). The van der Waals surface area contributed by atoms with E-state index >= 15 is 0 Å². The van der Waals surface area contributed by atoms with E-state index in [0.29, 0.717) is 0 Å². The molecule has 0 amide bonds. The molecule has 0 aromatic rings. The molecular formula is C20H41NO. The molecule has 2 heteroatoms. The van der Waals surface area contributed by atoms with Crippen molar-refractivity contribution in [2.24, 2.45) is 0 Å². The van der Waals surface area contributed by atoms with Gasteiger partial charge >= 0.3 is 0 Å². The molecule has 0 aliphatic carbocycles. The Morgan fingerprint density at radius 2 is 1.18 bits per heavy atom. The molecule has 1 atom stereocenters. The van der Waals surface area contributed by atoms with Crippen molar-refractivity contribution in [2.45, 2.75) is 116 Å². The number of nitrogens with one attached hydrogen (secondary N) is 1. The number of aliphatic hydroxyl groups excluding tert-OH is 1. The van der Waals surface area contributed by atoms with Gasteiger partial charge in [-0.25, -0.2) is 0 Å². The number of hydrogen-bond acceptors (Lipinski definition) is 2. The van der Waals surface area contributed by atoms with Gasteiger partial charge in [0.1, 0.15) is 6.23 Å². The van der Waals surface area contributed by atoms with Gasteiger partial charge in [0, 0.05) is 0 Å². The van der Waals surface area contributed by atoms with Crippen LogP contribution < -0.4 is 5.32 Å². The molecule has 2 N–H and O–H groups in total. The summed E-state index contributed by atoms with van der Waals surface area (Å²) >= 11 is 0. The minimum absolute atomic E-state index is 0.386. The fourth-order valence-corrected chi connectivity index (χ4v) is 2.66. The Balaban J connectivity index is 3.05. The van der Waals surface area contributed by atoms with Gasteiger partial charge in [0.25, 0.3) is 0 Å². The first-order valence-corrected chi connectivity index (χ1v) is 9.90. The summed E-state index contributed by atoms with van der Waals surface area (Å²) in [5.74, 6) is 0. The Labute approximate surface area is 139 Å². The Morgan fingerprint density at radius 1 is 0.727 bits per heavy atom. The lowest BCUT2D eigenvalue weighted by molar-refractivity contribution is 0.149. The molecular weight excluding hydrogens is 270 g/mol. The van der Waals surface area contributed by atoms with Crippen molar-refractivity contribution in [1.82, 2.24) is 5.32 Å². The normalized spacial score (nSPS) is 12.9. The molecule has 0 aliphatic rings. The van der Waals surface area contributed by atoms with Gasteiger partial charge in [0.2, 0.25) is 0 Å². The molecule has 2 nitrogen and oxygen atoms in total. The van der Waals surface area contributed by atoms with Crippen LogP contribution in [0.2, 0.25) is 0 Å². The zero-order valence-electron chi connectivity index (χ0n) is 15.3. The highest BCUT2D eigenvalue weighted by atomic mass is 16.3. The highest BCUT2D eigenvalue weighted by Crippen LogP contribution is 2.12. The fourth-order valence-electron chi connectivity index (χ4n) is 2.66. The van der Waals surface area contributed by atoms with Crippen molar-refractivity contribution in [3.8, 4) is 0 Å². The van der Waals surface area contributed by atoms with Gasteiger partial charge in [-0.2, -0.15) is 0 Å². The highest BCUT2D eigenvalue weighted by Gasteiger charge is 1.94. The van der Waals surface area contributed by atoms with E-state index < -0.39 is 0 Å². The van der Waals surface area contributed by atoms with Crippen molar-refractivity contribution in [3.63, 3.8) is 0 Å². The SMILES string of the molecule is CCCCCCCCCCCCCCCC=CNC(O)CC. The first-order chi connectivity index (χ1) is 10.8. The van der Waals surface area contributed by atoms with Crippen LogP contribution in [0.3, 0.4) is 0 Å². The van der Waals surface area contributed by atoms with Gasteiger partial charge in [-0.1, -0.05) is 97.0 Å². The molecule has 22 heavy (non-hydrogen) atoms. The molecule has 0 radical (unpaired) electrons. The summed E-state index contributed by atoms with van der Waals surface area (Å²) < 4.78 is 0. The van der Waals surface area contributed by atoms with Crippen molar-refractivity contribution in [1.29, 1.82) is 0 Å². The maximum Gasteiger partial charge on any atom is 0.123 e. The van der Waals surface area contributed by atoms with Crippen molar-refractivity contribution in [2.75, 3.05) is 0 Å². The Hall–Kier alpha value is -0.500. The molecule has 0 spiro atoms. The number of allylic oxidation sites excluding steroid dienone is 1. The van der Waals surface area contributed by atoms with Crippen molar-refractivity contribution in [3.05, 3.63) is 12.3 Å². The molecule has 0 saturated heterocycles. The van der Waals surface area contributed by atoms with Crippen LogP contribution in [0, 0.1) is 0 Å². The molecule has 0 saturated carbocycles. The zero-order chi connectivity index (χ0) is 16.3. The summed E-state index contributed by atoms with van der Waals surface area (Å²) in [5.41, 5.74) is 0. The molecule has 1 unspecified atom stereocenters. The third-order valence-corrected chi connectivity index (χ3v) is 4.27. The van der Waals surface area contributed by atoms with Crippen LogP contribution in [0.5, 0.6) is 0 Å². The predicted octanol–water partition coefficient (Wildman–Crippen LogP) is 6.30. The molecule has 0 aromatic heterocycles. The largest absolute Gasteiger partial charge is 0.374 e. The van der Waals surface area contributed by atoms with E-state index in [1.54, 1.807) is 0 Å². The predicted molar refractivity (Wildman–Crippen MR) is 98.9 cm³/mol. The number of rotatable bonds is 17. The molecule has 0 heterocycles. The number of unbranched alkanes of at least 4 members (excludes halogenated alkanes) is 13. The monoisotopic (exact) mass is 311 g/mol.